The summed E-state index contributed by atoms with van der Waals surface area (Å²) in [5.41, 5.74) is 3.66. The van der Waals surface area contributed by atoms with Gasteiger partial charge in [0.1, 0.15) is 29.7 Å². The van der Waals surface area contributed by atoms with Crippen molar-refractivity contribution in [3.05, 3.63) is 76.3 Å². The van der Waals surface area contributed by atoms with Gasteiger partial charge in [-0.15, -0.1) is 5.10 Å². The Morgan fingerprint density at radius 3 is 2.74 bits per heavy atom. The molecule has 7 heteroatoms. The van der Waals surface area contributed by atoms with Crippen LogP contribution in [0.25, 0.3) is 22.2 Å². The smallest absolute Gasteiger partial charge is 0.339 e. The Kier molecular flexibility index (Phi) is 7.75. The van der Waals surface area contributed by atoms with Gasteiger partial charge in [0.15, 0.2) is 0 Å². The molecule has 2 aromatic carbocycles. The highest BCUT2D eigenvalue weighted by molar-refractivity contribution is 5.82. The number of aliphatic hydroxyl groups is 1. The van der Waals surface area contributed by atoms with Gasteiger partial charge in [0.2, 0.25) is 0 Å². The van der Waals surface area contributed by atoms with Crippen LogP contribution in [0.2, 0.25) is 0 Å². The molecule has 0 fully saturated rings. The van der Waals surface area contributed by atoms with Crippen LogP contribution in [-0.2, 0) is 13.0 Å². The maximum Gasteiger partial charge on any atom is 0.339 e. The summed E-state index contributed by atoms with van der Waals surface area (Å²) in [6.45, 7) is 4.47. The molecule has 2 aromatic heterocycles. The standard InChI is InChI=1S/C27H31N3O4/c1-3-4-5-9-12-24-19(2)23-14-13-22(15-26(23)34-27(24)32)33-18-21(31)16-30-17-25(28-29-30)20-10-7-6-8-11-20/h6-8,10-11,13-15,17,21,31H,3-5,9,12,16,18H2,1-2H3. The molecule has 0 radical (unpaired) electrons. The quantitative estimate of drug-likeness (QED) is 0.252. The number of hydrogen-bond donors (Lipinski definition) is 1. The van der Waals surface area contributed by atoms with Crippen LogP contribution in [0.4, 0.5) is 0 Å². The Bertz CT molecular complexity index is 1280. The van der Waals surface area contributed by atoms with Crippen molar-refractivity contribution in [2.75, 3.05) is 6.61 Å². The first-order chi connectivity index (χ1) is 16.5. The zero-order valence-electron chi connectivity index (χ0n) is 19.7. The summed E-state index contributed by atoms with van der Waals surface area (Å²) in [6, 6.07) is 15.2. The molecule has 4 aromatic rings. The lowest BCUT2D eigenvalue weighted by Gasteiger charge is -2.13. The third kappa shape index (κ3) is 5.72. The zero-order chi connectivity index (χ0) is 23.9. The highest BCUT2D eigenvalue weighted by atomic mass is 16.5. The highest BCUT2D eigenvalue weighted by Gasteiger charge is 2.13. The van der Waals surface area contributed by atoms with E-state index in [1.165, 1.54) is 6.42 Å². The lowest BCUT2D eigenvalue weighted by atomic mass is 10.0. The predicted molar refractivity (Wildman–Crippen MR) is 132 cm³/mol. The Labute approximate surface area is 199 Å². The van der Waals surface area contributed by atoms with Gasteiger partial charge in [-0.2, -0.15) is 0 Å². The van der Waals surface area contributed by atoms with Crippen molar-refractivity contribution < 1.29 is 14.3 Å². The van der Waals surface area contributed by atoms with E-state index in [-0.39, 0.29) is 18.8 Å². The molecule has 0 aliphatic rings. The van der Waals surface area contributed by atoms with E-state index in [2.05, 4.69) is 17.2 Å². The average Bonchev–Trinajstić information content (AvgIpc) is 3.31. The van der Waals surface area contributed by atoms with Gasteiger partial charge in [-0.3, -0.25) is 0 Å². The number of benzene rings is 2. The van der Waals surface area contributed by atoms with E-state index in [4.69, 9.17) is 9.15 Å². The fourth-order valence-electron chi connectivity index (χ4n) is 4.07. The van der Waals surface area contributed by atoms with E-state index < -0.39 is 6.10 Å². The molecule has 178 valence electrons. The molecule has 4 rings (SSSR count). The molecule has 1 atom stereocenters. The molecular formula is C27H31N3O4. The van der Waals surface area contributed by atoms with Crippen molar-refractivity contribution in [3.63, 3.8) is 0 Å². The van der Waals surface area contributed by atoms with Crippen molar-refractivity contribution in [1.82, 2.24) is 15.0 Å². The van der Waals surface area contributed by atoms with Gasteiger partial charge in [-0.05, 0) is 37.5 Å². The second-order valence-electron chi connectivity index (χ2n) is 8.62. The van der Waals surface area contributed by atoms with Gasteiger partial charge < -0.3 is 14.3 Å². The Hall–Kier alpha value is -3.45. The molecule has 1 unspecified atom stereocenters. The van der Waals surface area contributed by atoms with Crippen LogP contribution >= 0.6 is 0 Å². The van der Waals surface area contributed by atoms with E-state index in [9.17, 15) is 9.90 Å². The topological polar surface area (TPSA) is 90.4 Å². The van der Waals surface area contributed by atoms with E-state index >= 15 is 0 Å². The summed E-state index contributed by atoms with van der Waals surface area (Å²) in [7, 11) is 0. The minimum atomic E-state index is -0.778. The lowest BCUT2D eigenvalue weighted by Crippen LogP contribution is -2.24. The van der Waals surface area contributed by atoms with Crippen LogP contribution in [0.1, 0.15) is 43.7 Å². The summed E-state index contributed by atoms with van der Waals surface area (Å²) in [5, 5.41) is 19.6. The number of hydrogen-bond acceptors (Lipinski definition) is 6. The number of ether oxygens (including phenoxy) is 1. The molecule has 0 saturated heterocycles. The van der Waals surface area contributed by atoms with Crippen molar-refractivity contribution >= 4 is 11.0 Å². The summed E-state index contributed by atoms with van der Waals surface area (Å²) in [4.78, 5) is 12.5. The first-order valence-corrected chi connectivity index (χ1v) is 11.9. The van der Waals surface area contributed by atoms with Crippen molar-refractivity contribution in [3.8, 4) is 17.0 Å². The molecule has 0 bridgehead atoms. The Morgan fingerprint density at radius 2 is 1.94 bits per heavy atom. The Morgan fingerprint density at radius 1 is 1.12 bits per heavy atom. The fourth-order valence-corrected chi connectivity index (χ4v) is 4.07. The molecule has 34 heavy (non-hydrogen) atoms. The van der Waals surface area contributed by atoms with Crippen LogP contribution in [-0.4, -0.2) is 32.8 Å². The minimum Gasteiger partial charge on any atom is -0.491 e. The largest absolute Gasteiger partial charge is 0.491 e. The maximum atomic E-state index is 12.5. The van der Waals surface area contributed by atoms with E-state index in [1.807, 2.05) is 49.4 Å². The zero-order valence-corrected chi connectivity index (χ0v) is 19.7. The third-order valence-electron chi connectivity index (χ3n) is 5.99. The van der Waals surface area contributed by atoms with Gasteiger partial charge in [-0.25, -0.2) is 9.48 Å². The number of rotatable bonds is 11. The van der Waals surface area contributed by atoms with Gasteiger partial charge in [0.05, 0.1) is 12.7 Å². The molecule has 0 aliphatic heterocycles. The average molecular weight is 462 g/mol. The van der Waals surface area contributed by atoms with Crippen molar-refractivity contribution in [2.24, 2.45) is 0 Å². The predicted octanol–water partition coefficient (Wildman–Crippen LogP) is 4.92. The summed E-state index contributed by atoms with van der Waals surface area (Å²) in [5.74, 6) is 0.536. The normalized spacial score (nSPS) is 12.2. The monoisotopic (exact) mass is 461 g/mol. The minimum absolute atomic E-state index is 0.0742. The fraction of sp³-hybridized carbons (Fsp3) is 0.370. The molecular weight excluding hydrogens is 430 g/mol. The van der Waals surface area contributed by atoms with E-state index in [0.29, 0.717) is 11.3 Å². The summed E-state index contributed by atoms with van der Waals surface area (Å²) in [6.07, 6.45) is 6.20. The summed E-state index contributed by atoms with van der Waals surface area (Å²) < 4.78 is 13.0. The van der Waals surface area contributed by atoms with Crippen molar-refractivity contribution in [1.29, 1.82) is 0 Å². The van der Waals surface area contributed by atoms with E-state index in [0.717, 1.165) is 53.5 Å². The van der Waals surface area contributed by atoms with Crippen molar-refractivity contribution in [2.45, 2.75) is 58.6 Å². The number of aromatic nitrogens is 3. The molecule has 0 spiro atoms. The number of aliphatic hydroxyl groups excluding tert-OH is 1. The SMILES string of the molecule is CCCCCCc1c(C)c2ccc(OCC(O)Cn3cc(-c4ccccc4)nn3)cc2oc1=O. The molecule has 1 N–H and O–H groups in total. The Balaban J connectivity index is 1.37. The van der Waals surface area contributed by atoms with Crippen LogP contribution in [0.15, 0.2) is 63.9 Å². The summed E-state index contributed by atoms with van der Waals surface area (Å²) >= 11 is 0. The van der Waals surface area contributed by atoms with Crippen LogP contribution in [0.3, 0.4) is 0 Å². The lowest BCUT2D eigenvalue weighted by molar-refractivity contribution is 0.0888. The van der Waals surface area contributed by atoms with Gasteiger partial charge in [0.25, 0.3) is 0 Å². The first kappa shape index (κ1) is 23.7. The molecule has 7 nitrogen and oxygen atoms in total. The van der Waals surface area contributed by atoms with Crippen LogP contribution < -0.4 is 10.4 Å². The van der Waals surface area contributed by atoms with Gasteiger partial charge in [0, 0.05) is 22.6 Å². The second kappa shape index (κ2) is 11.1. The maximum absolute atomic E-state index is 12.5. The molecule has 2 heterocycles. The molecule has 0 saturated carbocycles. The highest BCUT2D eigenvalue weighted by Crippen LogP contribution is 2.25. The molecule has 0 aliphatic carbocycles. The van der Waals surface area contributed by atoms with Crippen LogP contribution in [0, 0.1) is 6.92 Å². The number of aryl methyl sites for hydroxylation is 1. The molecule has 0 amide bonds. The number of fused-ring (bicyclic) bond motifs is 1. The second-order valence-corrected chi connectivity index (χ2v) is 8.62. The van der Waals surface area contributed by atoms with E-state index in [1.54, 1.807) is 16.9 Å². The van der Waals surface area contributed by atoms with Gasteiger partial charge >= 0.3 is 5.63 Å². The van der Waals surface area contributed by atoms with Gasteiger partial charge in [-0.1, -0.05) is 61.7 Å². The third-order valence-corrected chi connectivity index (χ3v) is 5.99. The number of nitrogens with zero attached hydrogens (tertiary/aromatic N) is 3. The number of unbranched alkanes of at least 4 members (excludes halogenated alkanes) is 3. The van der Waals surface area contributed by atoms with Crippen LogP contribution in [0.5, 0.6) is 5.75 Å². The first-order valence-electron chi connectivity index (χ1n) is 11.9.